The minimum atomic E-state index is -0.0879. The van der Waals surface area contributed by atoms with Gasteiger partial charge in [0.2, 0.25) is 11.8 Å². The van der Waals surface area contributed by atoms with Gasteiger partial charge in [0.05, 0.1) is 18.1 Å². The van der Waals surface area contributed by atoms with Crippen molar-refractivity contribution in [3.63, 3.8) is 0 Å². The Bertz CT molecular complexity index is 524. The molecule has 0 aromatic rings. The molecule has 2 amide bonds. The fourth-order valence-corrected chi connectivity index (χ4v) is 4.59. The lowest BCUT2D eigenvalue weighted by Gasteiger charge is -2.45. The lowest BCUT2D eigenvalue weighted by atomic mass is 9.88. The number of hydrogen-bond donors (Lipinski definition) is 3. The van der Waals surface area contributed by atoms with E-state index in [0.29, 0.717) is 19.8 Å². The third-order valence-corrected chi connectivity index (χ3v) is 6.24. The molecular formula is C18H30ClN5O2. The van der Waals surface area contributed by atoms with Crippen LogP contribution in [0.1, 0.15) is 25.7 Å². The van der Waals surface area contributed by atoms with Gasteiger partial charge in [0, 0.05) is 44.8 Å². The second-order valence-corrected chi connectivity index (χ2v) is 7.93. The Kier molecular flexibility index (Phi) is 6.92. The van der Waals surface area contributed by atoms with E-state index in [1.54, 1.807) is 0 Å². The van der Waals surface area contributed by atoms with E-state index in [0.717, 1.165) is 45.3 Å². The van der Waals surface area contributed by atoms with Crippen LogP contribution in [0.3, 0.4) is 0 Å². The minimum absolute atomic E-state index is 0.0105. The molecule has 2 aliphatic heterocycles. The van der Waals surface area contributed by atoms with Crippen LogP contribution in [0, 0.1) is 5.92 Å². The molecule has 146 valence electrons. The molecule has 3 aliphatic rings. The van der Waals surface area contributed by atoms with Gasteiger partial charge in [-0.3, -0.25) is 19.8 Å². The highest BCUT2D eigenvalue weighted by Gasteiger charge is 2.36. The summed E-state index contributed by atoms with van der Waals surface area (Å²) in [4.78, 5) is 28.6. The smallest absolute Gasteiger partial charge is 0.246 e. The maximum Gasteiger partial charge on any atom is 0.246 e. The Morgan fingerprint density at radius 2 is 1.88 bits per heavy atom. The summed E-state index contributed by atoms with van der Waals surface area (Å²) in [6.45, 7) is 7.93. The summed E-state index contributed by atoms with van der Waals surface area (Å²) in [5.74, 6) is -0.0287. The van der Waals surface area contributed by atoms with Crippen LogP contribution in [0.4, 0.5) is 0 Å². The van der Waals surface area contributed by atoms with Crippen LogP contribution in [-0.2, 0) is 9.59 Å². The number of nitrogens with zero attached hydrogens (tertiary/aromatic N) is 2. The van der Waals surface area contributed by atoms with E-state index in [1.807, 2.05) is 4.90 Å². The quantitative estimate of drug-likeness (QED) is 0.473. The molecule has 4 atom stereocenters. The standard InChI is InChI=1S/C18H30ClN5O2/c1-2-16(25)23-7-9-24(10-8-23)17-15(11-20-12-21-17)22-18(26)13-5-3-4-6-14(13)19/h2,13-15,17,20-21H,1,3-12H2,(H,22,26). The molecule has 0 spiro atoms. The molecule has 8 heteroatoms. The highest BCUT2D eigenvalue weighted by atomic mass is 35.5. The number of rotatable bonds is 4. The molecule has 3 N–H and O–H groups in total. The number of halogens is 1. The van der Waals surface area contributed by atoms with Gasteiger partial charge in [0.1, 0.15) is 0 Å². The fraction of sp³-hybridized carbons (Fsp3) is 0.778. The first-order valence-corrected chi connectivity index (χ1v) is 10.1. The minimum Gasteiger partial charge on any atom is -0.349 e. The average Bonchev–Trinajstić information content (AvgIpc) is 2.68. The van der Waals surface area contributed by atoms with Crippen LogP contribution in [0.25, 0.3) is 0 Å². The van der Waals surface area contributed by atoms with E-state index in [-0.39, 0.29) is 35.3 Å². The number of hydrogen-bond acceptors (Lipinski definition) is 5. The van der Waals surface area contributed by atoms with Crippen molar-refractivity contribution in [3.8, 4) is 0 Å². The first kappa shape index (κ1) is 19.6. The van der Waals surface area contributed by atoms with Crippen molar-refractivity contribution in [2.24, 2.45) is 5.92 Å². The number of piperazine rings is 1. The topological polar surface area (TPSA) is 76.7 Å². The number of carbonyl (C=O) groups excluding carboxylic acids is 2. The highest BCUT2D eigenvalue weighted by molar-refractivity contribution is 6.22. The molecule has 1 aliphatic carbocycles. The Hall–Kier alpha value is -1.15. The monoisotopic (exact) mass is 383 g/mol. The van der Waals surface area contributed by atoms with Gasteiger partial charge in [-0.2, -0.15) is 0 Å². The molecule has 2 heterocycles. The van der Waals surface area contributed by atoms with Crippen molar-refractivity contribution in [3.05, 3.63) is 12.7 Å². The Morgan fingerprint density at radius 3 is 2.58 bits per heavy atom. The molecule has 4 unspecified atom stereocenters. The normalized spacial score (nSPS) is 33.5. The molecule has 3 fully saturated rings. The lowest BCUT2D eigenvalue weighted by Crippen LogP contribution is -2.69. The summed E-state index contributed by atoms with van der Waals surface area (Å²) in [5, 5.41) is 9.93. The van der Waals surface area contributed by atoms with Crippen molar-refractivity contribution >= 4 is 23.4 Å². The molecule has 0 bridgehead atoms. The van der Waals surface area contributed by atoms with Crippen LogP contribution >= 0.6 is 11.6 Å². The zero-order valence-corrected chi connectivity index (χ0v) is 16.0. The zero-order chi connectivity index (χ0) is 18.5. The third kappa shape index (κ3) is 4.57. The van der Waals surface area contributed by atoms with Crippen LogP contribution in [0.5, 0.6) is 0 Å². The molecule has 1 saturated carbocycles. The van der Waals surface area contributed by atoms with Crippen molar-refractivity contribution in [1.82, 2.24) is 25.8 Å². The second-order valence-electron chi connectivity index (χ2n) is 7.37. The lowest BCUT2D eigenvalue weighted by molar-refractivity contribution is -0.128. The Balaban J connectivity index is 1.57. The number of alkyl halides is 1. The molecule has 2 saturated heterocycles. The summed E-state index contributed by atoms with van der Waals surface area (Å²) >= 11 is 6.39. The Labute approximate surface area is 160 Å². The largest absolute Gasteiger partial charge is 0.349 e. The Morgan fingerprint density at radius 1 is 1.15 bits per heavy atom. The number of amides is 2. The maximum absolute atomic E-state index is 12.8. The van der Waals surface area contributed by atoms with Crippen LogP contribution < -0.4 is 16.0 Å². The van der Waals surface area contributed by atoms with Gasteiger partial charge in [-0.25, -0.2) is 0 Å². The summed E-state index contributed by atoms with van der Waals surface area (Å²) in [6, 6.07) is -0.0105. The van der Waals surface area contributed by atoms with E-state index >= 15 is 0 Å². The van der Waals surface area contributed by atoms with E-state index in [4.69, 9.17) is 11.6 Å². The highest BCUT2D eigenvalue weighted by Crippen LogP contribution is 2.29. The zero-order valence-electron chi connectivity index (χ0n) is 15.3. The first-order chi connectivity index (χ1) is 12.6. The molecule has 0 aromatic heterocycles. The van der Waals surface area contributed by atoms with Crippen LogP contribution in [0.15, 0.2) is 12.7 Å². The first-order valence-electron chi connectivity index (χ1n) is 9.64. The third-order valence-electron chi connectivity index (χ3n) is 5.72. The van der Waals surface area contributed by atoms with E-state index in [2.05, 4.69) is 27.4 Å². The summed E-state index contributed by atoms with van der Waals surface area (Å²) in [7, 11) is 0. The molecule has 0 radical (unpaired) electrons. The van der Waals surface area contributed by atoms with Gasteiger partial charge in [-0.1, -0.05) is 19.4 Å². The van der Waals surface area contributed by atoms with Gasteiger partial charge in [-0.05, 0) is 18.9 Å². The second kappa shape index (κ2) is 9.17. The van der Waals surface area contributed by atoms with Gasteiger partial charge >= 0.3 is 0 Å². The van der Waals surface area contributed by atoms with Crippen molar-refractivity contribution < 1.29 is 9.59 Å². The summed E-state index contributed by atoms with van der Waals surface area (Å²) in [6.07, 6.45) is 5.42. The fourth-order valence-electron chi connectivity index (χ4n) is 4.19. The maximum atomic E-state index is 12.8. The molecule has 3 rings (SSSR count). The molecule has 7 nitrogen and oxygen atoms in total. The number of carbonyl (C=O) groups is 2. The SMILES string of the molecule is C=CC(=O)N1CCN(C2NCNCC2NC(=O)C2CCCCC2Cl)CC1. The van der Waals surface area contributed by atoms with Crippen molar-refractivity contribution in [2.75, 3.05) is 39.4 Å². The predicted octanol–water partition coefficient (Wildman–Crippen LogP) is 0.0754. The van der Waals surface area contributed by atoms with Gasteiger partial charge in [0.15, 0.2) is 0 Å². The van der Waals surface area contributed by atoms with Gasteiger partial charge in [-0.15, -0.1) is 11.6 Å². The van der Waals surface area contributed by atoms with E-state index < -0.39 is 0 Å². The van der Waals surface area contributed by atoms with E-state index in [9.17, 15) is 9.59 Å². The van der Waals surface area contributed by atoms with E-state index in [1.165, 1.54) is 6.08 Å². The van der Waals surface area contributed by atoms with Gasteiger partial charge < -0.3 is 15.5 Å². The van der Waals surface area contributed by atoms with Crippen LogP contribution in [0.2, 0.25) is 0 Å². The molecule has 26 heavy (non-hydrogen) atoms. The van der Waals surface area contributed by atoms with Crippen LogP contribution in [-0.4, -0.2) is 78.6 Å². The molecular weight excluding hydrogens is 354 g/mol. The summed E-state index contributed by atoms with van der Waals surface area (Å²) in [5.41, 5.74) is 0. The summed E-state index contributed by atoms with van der Waals surface area (Å²) < 4.78 is 0. The average molecular weight is 384 g/mol. The molecule has 0 aromatic carbocycles. The van der Waals surface area contributed by atoms with Gasteiger partial charge in [0.25, 0.3) is 0 Å². The van der Waals surface area contributed by atoms with Crippen molar-refractivity contribution in [1.29, 1.82) is 0 Å². The number of nitrogens with one attached hydrogen (secondary N) is 3. The van der Waals surface area contributed by atoms with Crippen molar-refractivity contribution in [2.45, 2.75) is 43.3 Å². The predicted molar refractivity (Wildman–Crippen MR) is 102 cm³/mol.